The first-order valence-electron chi connectivity index (χ1n) is 8.59. The number of rotatable bonds is 5. The van der Waals surface area contributed by atoms with Crippen LogP contribution in [0.3, 0.4) is 0 Å². The van der Waals surface area contributed by atoms with Crippen molar-refractivity contribution in [2.45, 2.75) is 4.90 Å². The van der Waals surface area contributed by atoms with Crippen LogP contribution in [0, 0.1) is 5.82 Å². The molecule has 0 spiro atoms. The van der Waals surface area contributed by atoms with E-state index in [2.05, 4.69) is 5.32 Å². The van der Waals surface area contributed by atoms with Crippen LogP contribution >= 0.6 is 0 Å². The van der Waals surface area contributed by atoms with Crippen LogP contribution in [0.1, 0.15) is 0 Å². The van der Waals surface area contributed by atoms with Crippen LogP contribution in [0.5, 0.6) is 0 Å². The summed E-state index contributed by atoms with van der Waals surface area (Å²) in [6.07, 6.45) is 0. The molecule has 2 aromatic rings. The lowest BCUT2D eigenvalue weighted by Crippen LogP contribution is -3.15. The molecule has 7 nitrogen and oxygen atoms in total. The number of anilines is 2. The highest BCUT2D eigenvalue weighted by Gasteiger charge is 2.23. The zero-order valence-corrected chi connectivity index (χ0v) is 15.5. The fourth-order valence-corrected chi connectivity index (χ4v) is 3.62. The van der Waals surface area contributed by atoms with Crippen LogP contribution in [0.25, 0.3) is 0 Å². The van der Waals surface area contributed by atoms with Gasteiger partial charge in [-0.2, -0.15) is 0 Å². The maximum Gasteiger partial charge on any atom is 0.279 e. The molecule has 4 N–H and O–H groups in total. The number of quaternary nitrogens is 1. The molecule has 27 heavy (non-hydrogen) atoms. The van der Waals surface area contributed by atoms with E-state index in [1.807, 2.05) is 11.0 Å². The number of para-hydroxylation sites is 1. The third-order valence-corrected chi connectivity index (χ3v) is 5.47. The van der Waals surface area contributed by atoms with Gasteiger partial charge in [-0.3, -0.25) is 4.79 Å². The second kappa shape index (κ2) is 8.03. The molecular weight excluding hydrogens is 371 g/mol. The molecule has 0 unspecified atom stereocenters. The second-order valence-electron chi connectivity index (χ2n) is 6.48. The van der Waals surface area contributed by atoms with Crippen LogP contribution < -0.4 is 20.3 Å². The van der Waals surface area contributed by atoms with Crippen molar-refractivity contribution >= 4 is 27.3 Å². The molecule has 1 aliphatic heterocycles. The van der Waals surface area contributed by atoms with Crippen LogP contribution in [0.4, 0.5) is 15.8 Å². The van der Waals surface area contributed by atoms with Gasteiger partial charge in [-0.25, -0.2) is 17.9 Å². The average Bonchev–Trinajstić information content (AvgIpc) is 2.62. The number of sulfonamides is 1. The van der Waals surface area contributed by atoms with Gasteiger partial charge in [0.1, 0.15) is 5.82 Å². The molecule has 0 saturated carbocycles. The number of hydrogen-bond acceptors (Lipinski definition) is 4. The predicted molar refractivity (Wildman–Crippen MR) is 101 cm³/mol. The molecule has 0 atom stereocenters. The summed E-state index contributed by atoms with van der Waals surface area (Å²) < 4.78 is 36.3. The predicted octanol–water partition coefficient (Wildman–Crippen LogP) is -0.183. The fraction of sp³-hybridized carbons (Fsp3) is 0.278. The Morgan fingerprint density at radius 1 is 1.11 bits per heavy atom. The molecule has 144 valence electrons. The molecule has 0 aliphatic carbocycles. The first kappa shape index (κ1) is 19.3. The highest BCUT2D eigenvalue weighted by Crippen LogP contribution is 2.18. The molecule has 1 fully saturated rings. The lowest BCUT2D eigenvalue weighted by molar-refractivity contribution is -0.892. The van der Waals surface area contributed by atoms with Crippen molar-refractivity contribution in [2.24, 2.45) is 5.14 Å². The minimum atomic E-state index is -3.75. The van der Waals surface area contributed by atoms with E-state index < -0.39 is 10.0 Å². The lowest BCUT2D eigenvalue weighted by Gasteiger charge is -2.33. The normalized spacial score (nSPS) is 15.6. The number of hydrogen-bond donors (Lipinski definition) is 3. The number of nitrogens with two attached hydrogens (primary N) is 1. The highest BCUT2D eigenvalue weighted by atomic mass is 32.2. The van der Waals surface area contributed by atoms with E-state index in [1.165, 1.54) is 30.3 Å². The second-order valence-corrected chi connectivity index (χ2v) is 8.04. The quantitative estimate of drug-likeness (QED) is 0.656. The molecule has 1 amide bonds. The number of carbonyl (C=O) groups is 1. The number of piperazine rings is 1. The van der Waals surface area contributed by atoms with E-state index in [0.717, 1.165) is 18.0 Å². The standard InChI is InChI=1S/C18H21FN4O3S/c19-16-3-1-2-4-17(16)23-11-9-22(10-12-23)13-18(24)21-14-5-7-15(8-6-14)27(20,25)26/h1-8H,9-13H2,(H,21,24)(H2,20,25,26)/p+1. The molecular formula is C18H22FN4O3S+. The summed E-state index contributed by atoms with van der Waals surface area (Å²) >= 11 is 0. The Labute approximate surface area is 157 Å². The van der Waals surface area contributed by atoms with Gasteiger partial charge in [-0.05, 0) is 36.4 Å². The highest BCUT2D eigenvalue weighted by molar-refractivity contribution is 7.89. The van der Waals surface area contributed by atoms with Gasteiger partial charge in [0, 0.05) is 5.69 Å². The van der Waals surface area contributed by atoms with Crippen LogP contribution in [-0.4, -0.2) is 47.0 Å². The van der Waals surface area contributed by atoms with E-state index in [1.54, 1.807) is 12.1 Å². The van der Waals surface area contributed by atoms with E-state index in [9.17, 15) is 17.6 Å². The van der Waals surface area contributed by atoms with Crippen molar-refractivity contribution in [2.75, 3.05) is 42.9 Å². The summed E-state index contributed by atoms with van der Waals surface area (Å²) in [6.45, 7) is 3.10. The van der Waals surface area contributed by atoms with Crippen LogP contribution in [-0.2, 0) is 14.8 Å². The van der Waals surface area contributed by atoms with Gasteiger partial charge in [0.25, 0.3) is 5.91 Å². The number of halogens is 1. The minimum Gasteiger partial charge on any atom is -0.358 e. The van der Waals surface area contributed by atoms with Crippen molar-refractivity contribution in [3.8, 4) is 0 Å². The van der Waals surface area contributed by atoms with Gasteiger partial charge < -0.3 is 15.1 Å². The Balaban J connectivity index is 1.50. The number of nitrogens with zero attached hydrogens (tertiary/aromatic N) is 1. The zero-order chi connectivity index (χ0) is 19.4. The molecule has 0 aromatic heterocycles. The molecule has 1 heterocycles. The Morgan fingerprint density at radius 2 is 1.74 bits per heavy atom. The lowest BCUT2D eigenvalue weighted by atomic mass is 10.2. The van der Waals surface area contributed by atoms with E-state index in [0.29, 0.717) is 31.0 Å². The van der Waals surface area contributed by atoms with Crippen molar-refractivity contribution in [1.29, 1.82) is 0 Å². The van der Waals surface area contributed by atoms with Gasteiger partial charge in [-0.1, -0.05) is 12.1 Å². The first-order chi connectivity index (χ1) is 12.8. The van der Waals surface area contributed by atoms with E-state index in [-0.39, 0.29) is 16.6 Å². The molecule has 0 bridgehead atoms. The molecule has 2 aromatic carbocycles. The molecule has 3 rings (SSSR count). The monoisotopic (exact) mass is 393 g/mol. The maximum absolute atomic E-state index is 13.9. The number of benzene rings is 2. The molecule has 0 radical (unpaired) electrons. The summed E-state index contributed by atoms with van der Waals surface area (Å²) in [5.74, 6) is -0.394. The summed E-state index contributed by atoms with van der Waals surface area (Å²) in [7, 11) is -3.75. The number of amides is 1. The van der Waals surface area contributed by atoms with E-state index in [4.69, 9.17) is 5.14 Å². The molecule has 1 saturated heterocycles. The van der Waals surface area contributed by atoms with Crippen molar-refractivity contribution in [1.82, 2.24) is 0 Å². The Morgan fingerprint density at radius 3 is 2.33 bits per heavy atom. The maximum atomic E-state index is 13.9. The van der Waals surface area contributed by atoms with Gasteiger partial charge in [0.2, 0.25) is 10.0 Å². The van der Waals surface area contributed by atoms with Gasteiger partial charge >= 0.3 is 0 Å². The third-order valence-electron chi connectivity index (χ3n) is 4.54. The zero-order valence-electron chi connectivity index (χ0n) is 14.7. The fourth-order valence-electron chi connectivity index (χ4n) is 3.11. The summed E-state index contributed by atoms with van der Waals surface area (Å²) in [4.78, 5) is 15.3. The average molecular weight is 393 g/mol. The van der Waals surface area contributed by atoms with Crippen molar-refractivity contribution in [3.05, 3.63) is 54.3 Å². The van der Waals surface area contributed by atoms with E-state index >= 15 is 0 Å². The SMILES string of the molecule is NS(=O)(=O)c1ccc(NC(=O)C[NH+]2CCN(c3ccccc3F)CC2)cc1. The van der Waals surface area contributed by atoms with Crippen LogP contribution in [0.15, 0.2) is 53.4 Å². The first-order valence-corrected chi connectivity index (χ1v) is 10.1. The third kappa shape index (κ3) is 5.03. The number of carbonyl (C=O) groups excluding carboxylic acids is 1. The Kier molecular flexibility index (Phi) is 5.73. The largest absolute Gasteiger partial charge is 0.358 e. The minimum absolute atomic E-state index is 0.00427. The number of primary sulfonamides is 1. The summed E-state index contributed by atoms with van der Waals surface area (Å²) in [6, 6.07) is 12.4. The summed E-state index contributed by atoms with van der Waals surface area (Å²) in [5, 5.41) is 7.80. The van der Waals surface area contributed by atoms with Gasteiger partial charge in [0.05, 0.1) is 36.8 Å². The number of nitrogens with one attached hydrogen (secondary N) is 2. The summed E-state index contributed by atoms with van der Waals surface area (Å²) in [5.41, 5.74) is 1.10. The Hall–Kier alpha value is -2.49. The topological polar surface area (TPSA) is 96.9 Å². The van der Waals surface area contributed by atoms with Gasteiger partial charge in [0.15, 0.2) is 6.54 Å². The van der Waals surface area contributed by atoms with Gasteiger partial charge in [-0.15, -0.1) is 0 Å². The van der Waals surface area contributed by atoms with Crippen LogP contribution in [0.2, 0.25) is 0 Å². The van der Waals surface area contributed by atoms with Crippen molar-refractivity contribution < 1.29 is 22.5 Å². The smallest absolute Gasteiger partial charge is 0.279 e. The van der Waals surface area contributed by atoms with Crippen molar-refractivity contribution in [3.63, 3.8) is 0 Å². The Bertz CT molecular complexity index is 910. The molecule has 1 aliphatic rings. The molecule has 9 heteroatoms.